The zero-order valence-electron chi connectivity index (χ0n) is 19.6. The first-order valence-corrected chi connectivity index (χ1v) is 13.5. The summed E-state index contributed by atoms with van der Waals surface area (Å²) >= 11 is 0.705. The molecule has 0 unspecified atom stereocenters. The van der Waals surface area contributed by atoms with Crippen molar-refractivity contribution in [2.75, 3.05) is 31.4 Å². The lowest BCUT2D eigenvalue weighted by Gasteiger charge is -2.13. The van der Waals surface area contributed by atoms with Crippen LogP contribution in [0, 0.1) is 11.3 Å². The van der Waals surface area contributed by atoms with Gasteiger partial charge in [0.2, 0.25) is 15.0 Å². The molecule has 1 aromatic heterocycles. The van der Waals surface area contributed by atoms with Gasteiger partial charge in [-0.05, 0) is 42.8 Å². The number of nitrogens with zero attached hydrogens (tertiary/aromatic N) is 3. The Morgan fingerprint density at radius 1 is 1.11 bits per heavy atom. The van der Waals surface area contributed by atoms with Gasteiger partial charge in [-0.1, -0.05) is 24.3 Å². The topological polar surface area (TPSA) is 140 Å². The highest BCUT2D eigenvalue weighted by atomic mass is 32.2. The molecule has 0 atom stereocenters. The quantitative estimate of drug-likeness (QED) is 0.211. The first-order chi connectivity index (χ1) is 17.3. The Morgan fingerprint density at radius 3 is 2.53 bits per heavy atom. The summed E-state index contributed by atoms with van der Waals surface area (Å²) in [5, 5.41) is 11.4. The molecule has 3 rings (SSSR count). The Bertz CT molecular complexity index is 1360. The van der Waals surface area contributed by atoms with Gasteiger partial charge in [0.15, 0.2) is 11.5 Å². The number of amides is 1. The molecule has 0 saturated heterocycles. The van der Waals surface area contributed by atoms with Crippen LogP contribution in [-0.2, 0) is 14.6 Å². The third kappa shape index (κ3) is 7.79. The summed E-state index contributed by atoms with van der Waals surface area (Å²) in [7, 11) is -3.60. The largest absolute Gasteiger partial charge is 0.493 e. The second-order valence-corrected chi connectivity index (χ2v) is 9.94. The molecule has 0 saturated carbocycles. The van der Waals surface area contributed by atoms with E-state index in [0.717, 1.165) is 12.0 Å². The lowest BCUT2D eigenvalue weighted by molar-refractivity contribution is -0.112. The first-order valence-electron chi connectivity index (χ1n) is 10.8. The maximum atomic E-state index is 12.5. The highest BCUT2D eigenvalue weighted by Crippen LogP contribution is 2.30. The van der Waals surface area contributed by atoms with Gasteiger partial charge >= 0.3 is 0 Å². The number of anilines is 1. The van der Waals surface area contributed by atoms with Crippen LogP contribution in [-0.4, -0.2) is 49.8 Å². The average molecular weight is 529 g/mol. The van der Waals surface area contributed by atoms with Crippen molar-refractivity contribution in [1.82, 2.24) is 9.36 Å². The van der Waals surface area contributed by atoms with Crippen LogP contribution in [0.4, 0.5) is 5.13 Å². The molecular formula is C24H24N4O6S2. The normalized spacial score (nSPS) is 11.4. The van der Waals surface area contributed by atoms with Gasteiger partial charge in [0.25, 0.3) is 11.1 Å². The molecule has 0 aliphatic carbocycles. The van der Waals surface area contributed by atoms with E-state index in [1.807, 2.05) is 43.3 Å². The molecule has 10 nitrogen and oxygen atoms in total. The van der Waals surface area contributed by atoms with Crippen molar-refractivity contribution in [1.29, 1.82) is 5.26 Å². The Labute approximate surface area is 213 Å². The summed E-state index contributed by atoms with van der Waals surface area (Å²) < 4.78 is 43.9. The lowest BCUT2D eigenvalue weighted by Crippen LogP contribution is -2.13. The summed E-state index contributed by atoms with van der Waals surface area (Å²) in [5.74, 6) is 1.04. The van der Waals surface area contributed by atoms with Crippen molar-refractivity contribution in [2.24, 2.45) is 0 Å². The molecule has 3 aromatic rings. The fourth-order valence-corrected chi connectivity index (χ4v) is 4.28. The predicted octanol–water partition coefficient (Wildman–Crippen LogP) is 3.73. The van der Waals surface area contributed by atoms with Crippen LogP contribution < -0.4 is 19.5 Å². The van der Waals surface area contributed by atoms with Gasteiger partial charge < -0.3 is 14.2 Å². The number of carbonyl (C=O) groups excluding carboxylic acids is 1. The van der Waals surface area contributed by atoms with Crippen LogP contribution in [0.5, 0.6) is 17.2 Å². The number of carbonyl (C=O) groups is 1. The minimum Gasteiger partial charge on any atom is -0.493 e. The molecule has 36 heavy (non-hydrogen) atoms. The van der Waals surface area contributed by atoms with Crippen LogP contribution in [0.25, 0.3) is 6.08 Å². The van der Waals surface area contributed by atoms with Crippen LogP contribution in [0.3, 0.4) is 0 Å². The molecule has 12 heteroatoms. The third-order valence-corrected chi connectivity index (χ3v) is 6.05. The minimum absolute atomic E-state index is 0.0310. The third-order valence-electron chi connectivity index (χ3n) is 4.46. The molecular weight excluding hydrogens is 504 g/mol. The Morgan fingerprint density at radius 2 is 1.86 bits per heavy atom. The van der Waals surface area contributed by atoms with E-state index in [1.165, 1.54) is 6.08 Å². The number of nitrogens with one attached hydrogen (secondary N) is 1. The summed E-state index contributed by atoms with van der Waals surface area (Å²) in [6, 6.07) is 16.4. The van der Waals surface area contributed by atoms with Crippen LogP contribution in [0.2, 0.25) is 0 Å². The number of hydrogen-bond acceptors (Lipinski definition) is 10. The van der Waals surface area contributed by atoms with E-state index >= 15 is 0 Å². The second-order valence-electron chi connectivity index (χ2n) is 7.28. The first kappa shape index (κ1) is 26.7. The van der Waals surface area contributed by atoms with E-state index in [4.69, 9.17) is 14.2 Å². The van der Waals surface area contributed by atoms with Crippen molar-refractivity contribution in [3.05, 3.63) is 59.7 Å². The number of aromatic nitrogens is 2. The number of rotatable bonds is 12. The van der Waals surface area contributed by atoms with Crippen LogP contribution in [0.1, 0.15) is 18.9 Å². The van der Waals surface area contributed by atoms with E-state index in [0.29, 0.717) is 54.8 Å². The predicted molar refractivity (Wildman–Crippen MR) is 135 cm³/mol. The number of para-hydroxylation sites is 1. The number of ether oxygens (including phenoxy) is 3. The van der Waals surface area contributed by atoms with Crippen molar-refractivity contribution in [3.63, 3.8) is 0 Å². The zero-order valence-corrected chi connectivity index (χ0v) is 21.3. The van der Waals surface area contributed by atoms with E-state index in [1.54, 1.807) is 18.2 Å². The molecule has 1 heterocycles. The van der Waals surface area contributed by atoms with E-state index in [9.17, 15) is 18.5 Å². The van der Waals surface area contributed by atoms with E-state index in [-0.39, 0.29) is 10.7 Å². The molecule has 0 aliphatic heterocycles. The Balaban J connectivity index is 1.63. The second kappa shape index (κ2) is 12.7. The van der Waals surface area contributed by atoms with E-state index in [2.05, 4.69) is 14.7 Å². The lowest BCUT2D eigenvalue weighted by atomic mass is 10.1. The molecule has 0 radical (unpaired) electrons. The number of hydrogen-bond donors (Lipinski definition) is 1. The van der Waals surface area contributed by atoms with Gasteiger partial charge in [-0.3, -0.25) is 10.1 Å². The molecule has 0 fully saturated rings. The fraction of sp³-hybridized carbons (Fsp3) is 0.250. The average Bonchev–Trinajstić information content (AvgIpc) is 3.33. The van der Waals surface area contributed by atoms with Gasteiger partial charge in [0, 0.05) is 24.2 Å². The molecule has 1 N–H and O–H groups in total. The highest BCUT2D eigenvalue weighted by molar-refractivity contribution is 7.90. The standard InChI is InChI=1S/C24H24N4O6S2/c1-3-32-21-15-17(10-11-20(21)34-13-7-12-33-19-8-5-4-6-9-19)14-18(16-25)22(29)26-23-27-24(28-35-23)36(2,30)31/h4-6,8-11,14-15H,3,7,12-13H2,1-2H3,(H,26,27,28,29)/b18-14-. The molecule has 188 valence electrons. The summed E-state index contributed by atoms with van der Waals surface area (Å²) in [4.78, 5) is 16.3. The van der Waals surface area contributed by atoms with Crippen LogP contribution >= 0.6 is 11.5 Å². The minimum atomic E-state index is -3.60. The Hall–Kier alpha value is -3.95. The smallest absolute Gasteiger partial charge is 0.268 e. The summed E-state index contributed by atoms with van der Waals surface area (Å²) in [5.41, 5.74) is 0.333. The molecule has 0 spiro atoms. The van der Waals surface area contributed by atoms with Gasteiger partial charge in [-0.15, -0.1) is 0 Å². The van der Waals surface area contributed by atoms with Gasteiger partial charge in [-0.2, -0.15) is 14.6 Å². The maximum Gasteiger partial charge on any atom is 0.268 e. The van der Waals surface area contributed by atoms with Crippen molar-refractivity contribution in [3.8, 4) is 23.3 Å². The van der Waals surface area contributed by atoms with Crippen molar-refractivity contribution < 1.29 is 27.4 Å². The van der Waals surface area contributed by atoms with Crippen molar-refractivity contribution >= 4 is 38.5 Å². The van der Waals surface area contributed by atoms with E-state index < -0.39 is 20.9 Å². The van der Waals surface area contributed by atoms with Crippen molar-refractivity contribution in [2.45, 2.75) is 18.5 Å². The maximum absolute atomic E-state index is 12.5. The molecule has 2 aromatic carbocycles. The number of sulfone groups is 1. The monoisotopic (exact) mass is 528 g/mol. The van der Waals surface area contributed by atoms with Gasteiger partial charge in [0.05, 0.1) is 19.8 Å². The van der Waals surface area contributed by atoms with Crippen LogP contribution in [0.15, 0.2) is 59.3 Å². The highest BCUT2D eigenvalue weighted by Gasteiger charge is 2.18. The summed E-state index contributed by atoms with van der Waals surface area (Å²) in [6.07, 6.45) is 3.00. The molecule has 0 bridgehead atoms. The Kier molecular flexibility index (Phi) is 9.38. The van der Waals surface area contributed by atoms with Gasteiger partial charge in [-0.25, -0.2) is 8.42 Å². The summed E-state index contributed by atoms with van der Waals surface area (Å²) in [6.45, 7) is 3.13. The van der Waals surface area contributed by atoms with Gasteiger partial charge in [0.1, 0.15) is 17.4 Å². The SMILES string of the molecule is CCOc1cc(/C=C(/C#N)C(=O)Nc2nc(S(C)(=O)=O)ns2)ccc1OCCCOc1ccccc1. The number of nitriles is 1. The zero-order chi connectivity index (χ0) is 26.0. The molecule has 1 amide bonds. The fourth-order valence-electron chi connectivity index (χ4n) is 2.84. The molecule has 0 aliphatic rings. The number of benzene rings is 2.